The third-order valence-corrected chi connectivity index (χ3v) is 3.12. The molecule has 1 atom stereocenters. The summed E-state index contributed by atoms with van der Waals surface area (Å²) in [5.41, 5.74) is 1.90. The highest BCUT2D eigenvalue weighted by Gasteiger charge is 2.23. The average Bonchev–Trinajstić information content (AvgIpc) is 2.50. The van der Waals surface area contributed by atoms with Crippen molar-refractivity contribution in [3.05, 3.63) is 66.0 Å². The number of carbonyl (C=O) groups is 1. The minimum atomic E-state index is -0.191. The van der Waals surface area contributed by atoms with Crippen molar-refractivity contribution in [1.29, 1.82) is 0 Å². The lowest BCUT2D eigenvalue weighted by Crippen LogP contribution is -2.40. The second-order valence-electron chi connectivity index (χ2n) is 4.51. The van der Waals surface area contributed by atoms with Crippen molar-refractivity contribution < 1.29 is 4.79 Å². The molecule has 0 aliphatic rings. The summed E-state index contributed by atoms with van der Waals surface area (Å²) in [6.45, 7) is 2.51. The predicted octanol–water partition coefficient (Wildman–Crippen LogP) is 2.83. The summed E-state index contributed by atoms with van der Waals surface area (Å²) in [6.07, 6.45) is 1.75. The summed E-state index contributed by atoms with van der Waals surface area (Å²) in [6, 6.07) is 15.4. The molecule has 20 heavy (non-hydrogen) atoms. The van der Waals surface area contributed by atoms with Crippen LogP contribution in [0.4, 0.5) is 4.79 Å². The molecular weight excluding hydrogens is 250 g/mol. The van der Waals surface area contributed by atoms with Crippen molar-refractivity contribution >= 4 is 6.03 Å². The van der Waals surface area contributed by atoms with Gasteiger partial charge in [0.05, 0.1) is 5.69 Å². The van der Waals surface area contributed by atoms with E-state index in [-0.39, 0.29) is 12.1 Å². The summed E-state index contributed by atoms with van der Waals surface area (Å²) in [5, 5.41) is 2.82. The summed E-state index contributed by atoms with van der Waals surface area (Å²) in [4.78, 5) is 18.2. The van der Waals surface area contributed by atoms with Crippen LogP contribution in [-0.4, -0.2) is 29.5 Å². The first-order valence-electron chi connectivity index (χ1n) is 6.70. The molecule has 1 aromatic carbocycles. The smallest absolute Gasteiger partial charge is 0.317 e. The zero-order valence-corrected chi connectivity index (χ0v) is 11.8. The number of nitrogens with zero attached hydrogens (tertiary/aromatic N) is 2. The van der Waals surface area contributed by atoms with E-state index < -0.39 is 0 Å². The first-order chi connectivity index (χ1) is 9.74. The fraction of sp³-hybridized carbons (Fsp3) is 0.250. The van der Waals surface area contributed by atoms with Crippen LogP contribution in [0.2, 0.25) is 0 Å². The van der Waals surface area contributed by atoms with Gasteiger partial charge in [-0.25, -0.2) is 4.79 Å². The zero-order chi connectivity index (χ0) is 14.4. The summed E-state index contributed by atoms with van der Waals surface area (Å²) in [5.74, 6) is 0. The molecule has 2 amide bonds. The number of hydrogen-bond donors (Lipinski definition) is 1. The van der Waals surface area contributed by atoms with Crippen LogP contribution in [0.25, 0.3) is 0 Å². The van der Waals surface area contributed by atoms with Crippen LogP contribution >= 0.6 is 0 Å². The van der Waals surface area contributed by atoms with Gasteiger partial charge in [-0.05, 0) is 24.6 Å². The molecule has 0 fully saturated rings. The average molecular weight is 269 g/mol. The number of urea groups is 1. The molecule has 2 rings (SSSR count). The van der Waals surface area contributed by atoms with E-state index in [0.717, 1.165) is 11.3 Å². The first kappa shape index (κ1) is 14.1. The van der Waals surface area contributed by atoms with Crippen LogP contribution in [0.15, 0.2) is 54.7 Å². The van der Waals surface area contributed by atoms with Crippen LogP contribution < -0.4 is 5.32 Å². The van der Waals surface area contributed by atoms with Crippen LogP contribution in [-0.2, 0) is 0 Å². The molecule has 1 N–H and O–H groups in total. The summed E-state index contributed by atoms with van der Waals surface area (Å²) >= 11 is 0. The maximum absolute atomic E-state index is 12.1. The molecule has 0 aliphatic carbocycles. The number of nitrogens with one attached hydrogen (secondary N) is 1. The second kappa shape index (κ2) is 6.70. The lowest BCUT2D eigenvalue weighted by Gasteiger charge is -2.28. The van der Waals surface area contributed by atoms with Crippen molar-refractivity contribution in [2.45, 2.75) is 13.0 Å². The molecule has 0 spiro atoms. The highest BCUT2D eigenvalue weighted by atomic mass is 16.2. The third-order valence-electron chi connectivity index (χ3n) is 3.12. The van der Waals surface area contributed by atoms with E-state index in [2.05, 4.69) is 10.3 Å². The van der Waals surface area contributed by atoms with E-state index in [1.165, 1.54) is 0 Å². The largest absolute Gasteiger partial charge is 0.338 e. The Balaban J connectivity index is 2.37. The Kier molecular flexibility index (Phi) is 4.71. The number of pyridine rings is 1. The number of carbonyl (C=O) groups excluding carboxylic acids is 1. The normalized spacial score (nSPS) is 11.7. The van der Waals surface area contributed by atoms with Gasteiger partial charge >= 0.3 is 6.03 Å². The van der Waals surface area contributed by atoms with E-state index in [9.17, 15) is 4.79 Å². The number of amides is 2. The molecule has 1 aromatic heterocycles. The van der Waals surface area contributed by atoms with Gasteiger partial charge in [-0.2, -0.15) is 0 Å². The highest BCUT2D eigenvalue weighted by Crippen LogP contribution is 2.25. The molecule has 0 aliphatic heterocycles. The fourth-order valence-corrected chi connectivity index (χ4v) is 2.16. The minimum Gasteiger partial charge on any atom is -0.338 e. The standard InChI is InChI=1S/C16H19N3O/c1-3-17-16(20)19(2)15(13-9-5-4-6-10-13)14-11-7-8-12-18-14/h4-12,15H,3H2,1-2H3,(H,17,20)/t15-/m0/s1. The molecule has 104 valence electrons. The van der Waals surface area contributed by atoms with Crippen LogP contribution in [0, 0.1) is 0 Å². The van der Waals surface area contributed by atoms with E-state index in [1.807, 2.05) is 55.5 Å². The molecule has 0 saturated heterocycles. The highest BCUT2D eigenvalue weighted by molar-refractivity contribution is 5.74. The molecule has 0 radical (unpaired) electrons. The lowest BCUT2D eigenvalue weighted by molar-refractivity contribution is 0.198. The van der Waals surface area contributed by atoms with E-state index in [4.69, 9.17) is 0 Å². The Morgan fingerprint density at radius 2 is 1.90 bits per heavy atom. The molecule has 0 unspecified atom stereocenters. The van der Waals surface area contributed by atoms with Gasteiger partial charge in [-0.15, -0.1) is 0 Å². The quantitative estimate of drug-likeness (QED) is 0.927. The molecule has 1 heterocycles. The van der Waals surface area contributed by atoms with E-state index >= 15 is 0 Å². The monoisotopic (exact) mass is 269 g/mol. The van der Waals surface area contributed by atoms with Crippen molar-refractivity contribution in [2.75, 3.05) is 13.6 Å². The molecule has 4 nitrogen and oxygen atoms in total. The lowest BCUT2D eigenvalue weighted by atomic mass is 10.0. The van der Waals surface area contributed by atoms with Gasteiger partial charge in [0.2, 0.25) is 0 Å². The Bertz CT molecular complexity index is 503. The SMILES string of the molecule is CCNC(=O)N(C)[C@@H](c1ccccc1)c1ccccn1. The Morgan fingerprint density at radius 3 is 2.50 bits per heavy atom. The molecule has 0 saturated carbocycles. The predicted molar refractivity (Wildman–Crippen MR) is 79.4 cm³/mol. The van der Waals surface area contributed by atoms with Gasteiger partial charge in [0.25, 0.3) is 0 Å². The number of rotatable bonds is 4. The Labute approximate surface area is 119 Å². The van der Waals surface area contributed by atoms with Gasteiger partial charge in [-0.3, -0.25) is 4.98 Å². The summed E-state index contributed by atoms with van der Waals surface area (Å²) in [7, 11) is 1.79. The Morgan fingerprint density at radius 1 is 1.20 bits per heavy atom. The molecule has 2 aromatic rings. The number of aromatic nitrogens is 1. The van der Waals surface area contributed by atoms with Crippen molar-refractivity contribution in [2.24, 2.45) is 0 Å². The zero-order valence-electron chi connectivity index (χ0n) is 11.8. The van der Waals surface area contributed by atoms with Gasteiger partial charge in [0, 0.05) is 19.8 Å². The third kappa shape index (κ3) is 3.15. The topological polar surface area (TPSA) is 45.2 Å². The molecule has 4 heteroatoms. The van der Waals surface area contributed by atoms with Crippen LogP contribution in [0.1, 0.15) is 24.2 Å². The maximum Gasteiger partial charge on any atom is 0.317 e. The van der Waals surface area contributed by atoms with Crippen LogP contribution in [0.5, 0.6) is 0 Å². The van der Waals surface area contributed by atoms with E-state index in [0.29, 0.717) is 6.54 Å². The van der Waals surface area contributed by atoms with Gasteiger partial charge in [0.1, 0.15) is 6.04 Å². The van der Waals surface area contributed by atoms with Gasteiger partial charge in [0.15, 0.2) is 0 Å². The fourth-order valence-electron chi connectivity index (χ4n) is 2.16. The first-order valence-corrected chi connectivity index (χ1v) is 6.70. The van der Waals surface area contributed by atoms with E-state index in [1.54, 1.807) is 18.1 Å². The van der Waals surface area contributed by atoms with Gasteiger partial charge < -0.3 is 10.2 Å². The van der Waals surface area contributed by atoms with Crippen molar-refractivity contribution in [3.63, 3.8) is 0 Å². The maximum atomic E-state index is 12.1. The van der Waals surface area contributed by atoms with Crippen LogP contribution in [0.3, 0.4) is 0 Å². The minimum absolute atomic E-state index is 0.105. The number of hydrogen-bond acceptors (Lipinski definition) is 2. The second-order valence-corrected chi connectivity index (χ2v) is 4.51. The molecular formula is C16H19N3O. The van der Waals surface area contributed by atoms with Gasteiger partial charge in [-0.1, -0.05) is 36.4 Å². The summed E-state index contributed by atoms with van der Waals surface area (Å²) < 4.78 is 0. The van der Waals surface area contributed by atoms with Crippen molar-refractivity contribution in [1.82, 2.24) is 15.2 Å². The number of benzene rings is 1. The van der Waals surface area contributed by atoms with Crippen molar-refractivity contribution in [3.8, 4) is 0 Å². The molecule has 0 bridgehead atoms. The Hall–Kier alpha value is -2.36.